The molecule has 0 fully saturated rings. The summed E-state index contributed by atoms with van der Waals surface area (Å²) in [7, 11) is -3.17. The molecule has 0 aliphatic carbocycles. The van der Waals surface area contributed by atoms with Gasteiger partial charge in [0.25, 0.3) is 0 Å². The van der Waals surface area contributed by atoms with Gasteiger partial charge in [-0.15, -0.1) is 0 Å². The number of imidazole rings is 1. The third-order valence-corrected chi connectivity index (χ3v) is 5.65. The minimum atomic E-state index is -3.17. The lowest BCUT2D eigenvalue weighted by atomic mass is 10.1. The Balaban J connectivity index is 2.26. The molecule has 0 radical (unpaired) electrons. The van der Waals surface area contributed by atoms with Crippen molar-refractivity contribution in [3.63, 3.8) is 0 Å². The van der Waals surface area contributed by atoms with Gasteiger partial charge in [-0.25, -0.2) is 13.4 Å². The number of hydrogen-bond acceptors (Lipinski definition) is 3. The summed E-state index contributed by atoms with van der Waals surface area (Å²) < 4.78 is 26.4. The van der Waals surface area contributed by atoms with Gasteiger partial charge < -0.3 is 0 Å². The van der Waals surface area contributed by atoms with Crippen molar-refractivity contribution >= 4 is 25.8 Å². The molecular formula is C14H15BrN2O2S. The Bertz CT molecular complexity index is 794. The van der Waals surface area contributed by atoms with Gasteiger partial charge in [-0.1, -0.05) is 0 Å². The molecule has 0 unspecified atom stereocenters. The molecule has 0 saturated heterocycles. The van der Waals surface area contributed by atoms with Crippen LogP contribution < -0.4 is 0 Å². The van der Waals surface area contributed by atoms with Crippen LogP contribution in [0.3, 0.4) is 0 Å². The molecular weight excluding hydrogens is 340 g/mol. The van der Waals surface area contributed by atoms with Crippen molar-refractivity contribution in [2.24, 2.45) is 0 Å². The van der Waals surface area contributed by atoms with Crippen LogP contribution in [0.25, 0.3) is 5.69 Å². The minimum absolute atomic E-state index is 0.382. The summed E-state index contributed by atoms with van der Waals surface area (Å²) in [6.07, 6.45) is 3.99. The van der Waals surface area contributed by atoms with Crippen LogP contribution in [0.5, 0.6) is 0 Å². The van der Waals surface area contributed by atoms with E-state index in [2.05, 4.69) is 25.5 Å². The average molecular weight is 355 g/mol. The number of nitrogens with zero attached hydrogens (tertiary/aromatic N) is 2. The third kappa shape index (κ3) is 2.20. The Kier molecular flexibility index (Phi) is 3.25. The zero-order valence-electron chi connectivity index (χ0n) is 11.4. The molecule has 6 heteroatoms. The maximum atomic E-state index is 11.7. The quantitative estimate of drug-likeness (QED) is 0.791. The van der Waals surface area contributed by atoms with Crippen molar-refractivity contribution in [1.82, 2.24) is 9.55 Å². The number of aromatic nitrogens is 2. The molecule has 1 aromatic carbocycles. The molecule has 0 spiro atoms. The number of rotatable bonds is 1. The summed E-state index contributed by atoms with van der Waals surface area (Å²) >= 11 is 3.58. The first-order valence-electron chi connectivity index (χ1n) is 6.45. The molecule has 4 nitrogen and oxygen atoms in total. The second kappa shape index (κ2) is 4.70. The van der Waals surface area contributed by atoms with E-state index in [0.717, 1.165) is 46.6 Å². The third-order valence-electron chi connectivity index (χ3n) is 3.62. The van der Waals surface area contributed by atoms with E-state index in [1.807, 2.05) is 13.0 Å². The summed E-state index contributed by atoms with van der Waals surface area (Å²) in [4.78, 5) is 4.96. The molecule has 1 aliphatic heterocycles. The van der Waals surface area contributed by atoms with Crippen molar-refractivity contribution in [3.05, 3.63) is 39.9 Å². The summed E-state index contributed by atoms with van der Waals surface area (Å²) in [6.45, 7) is 1.97. The highest BCUT2D eigenvalue weighted by Crippen LogP contribution is 2.31. The standard InChI is InChI=1S/C14H15BrN2O2S/c1-9-14(15)17-12-7-6-11(20(2,18)19)8-10(12)4-3-5-13(17)16-9/h6-8H,3-5H2,1-2H3. The van der Waals surface area contributed by atoms with E-state index in [1.165, 1.54) is 6.26 Å². The van der Waals surface area contributed by atoms with Crippen molar-refractivity contribution < 1.29 is 8.42 Å². The van der Waals surface area contributed by atoms with Crippen LogP contribution in [0.2, 0.25) is 0 Å². The van der Waals surface area contributed by atoms with E-state index < -0.39 is 9.84 Å². The van der Waals surface area contributed by atoms with Gasteiger partial charge in [0.1, 0.15) is 10.4 Å². The van der Waals surface area contributed by atoms with E-state index in [4.69, 9.17) is 0 Å². The number of sulfone groups is 1. The zero-order chi connectivity index (χ0) is 14.5. The number of hydrogen-bond donors (Lipinski definition) is 0. The Morgan fingerprint density at radius 3 is 2.75 bits per heavy atom. The van der Waals surface area contributed by atoms with Gasteiger partial charge in [-0.3, -0.25) is 4.57 Å². The Hall–Kier alpha value is -1.14. The molecule has 2 heterocycles. The van der Waals surface area contributed by atoms with E-state index in [1.54, 1.807) is 12.1 Å². The highest BCUT2D eigenvalue weighted by atomic mass is 79.9. The predicted molar refractivity (Wildman–Crippen MR) is 81.1 cm³/mol. The highest BCUT2D eigenvalue weighted by Gasteiger charge is 2.21. The van der Waals surface area contributed by atoms with Gasteiger partial charge in [0, 0.05) is 12.7 Å². The zero-order valence-corrected chi connectivity index (χ0v) is 13.8. The van der Waals surface area contributed by atoms with E-state index >= 15 is 0 Å². The number of fused-ring (bicyclic) bond motifs is 3. The maximum Gasteiger partial charge on any atom is 0.175 e. The van der Waals surface area contributed by atoms with Gasteiger partial charge in [-0.2, -0.15) is 0 Å². The number of aryl methyl sites for hydroxylation is 3. The summed E-state index contributed by atoms with van der Waals surface area (Å²) in [5, 5.41) is 0. The lowest BCUT2D eigenvalue weighted by Gasteiger charge is -2.12. The lowest BCUT2D eigenvalue weighted by Crippen LogP contribution is -2.03. The second-order valence-corrected chi connectivity index (χ2v) is 7.92. The van der Waals surface area contributed by atoms with Gasteiger partial charge >= 0.3 is 0 Å². The van der Waals surface area contributed by atoms with Crippen LogP contribution in [-0.4, -0.2) is 24.2 Å². The monoisotopic (exact) mass is 354 g/mol. The van der Waals surface area contributed by atoms with Crippen LogP contribution in [0, 0.1) is 6.92 Å². The van der Waals surface area contributed by atoms with E-state index in [-0.39, 0.29) is 0 Å². The van der Waals surface area contributed by atoms with Crippen LogP contribution >= 0.6 is 15.9 Å². The van der Waals surface area contributed by atoms with Gasteiger partial charge in [0.15, 0.2) is 9.84 Å². The van der Waals surface area contributed by atoms with E-state index in [0.29, 0.717) is 4.90 Å². The first-order chi connectivity index (χ1) is 9.38. The first kappa shape index (κ1) is 13.8. The van der Waals surface area contributed by atoms with Gasteiger partial charge in [-0.05, 0) is 59.5 Å². The summed E-state index contributed by atoms with van der Waals surface area (Å²) in [5.74, 6) is 1.03. The van der Waals surface area contributed by atoms with Crippen molar-refractivity contribution in [2.75, 3.05) is 6.26 Å². The Morgan fingerprint density at radius 2 is 2.05 bits per heavy atom. The molecule has 1 aliphatic rings. The molecule has 0 saturated carbocycles. The van der Waals surface area contributed by atoms with Crippen molar-refractivity contribution in [3.8, 4) is 5.69 Å². The smallest absolute Gasteiger partial charge is 0.175 e. The number of benzene rings is 1. The van der Waals surface area contributed by atoms with E-state index in [9.17, 15) is 8.42 Å². The normalized spacial score (nSPS) is 14.6. The largest absolute Gasteiger partial charge is 0.290 e. The number of halogens is 1. The van der Waals surface area contributed by atoms with Crippen LogP contribution in [0.15, 0.2) is 27.7 Å². The molecule has 0 atom stereocenters. The summed E-state index contributed by atoms with van der Waals surface area (Å²) in [5.41, 5.74) is 3.04. The van der Waals surface area contributed by atoms with Crippen LogP contribution in [0.4, 0.5) is 0 Å². The van der Waals surface area contributed by atoms with Crippen LogP contribution in [0.1, 0.15) is 23.5 Å². The molecule has 0 amide bonds. The van der Waals surface area contributed by atoms with Crippen molar-refractivity contribution in [1.29, 1.82) is 0 Å². The fraction of sp³-hybridized carbons (Fsp3) is 0.357. The molecule has 1 aromatic heterocycles. The molecule has 3 rings (SSSR count). The maximum absolute atomic E-state index is 11.7. The Morgan fingerprint density at radius 1 is 1.30 bits per heavy atom. The fourth-order valence-corrected chi connectivity index (χ4v) is 3.78. The first-order valence-corrected chi connectivity index (χ1v) is 9.13. The predicted octanol–water partition coefficient (Wildman–Crippen LogP) is 2.84. The Labute approximate surface area is 126 Å². The molecule has 0 bridgehead atoms. The van der Waals surface area contributed by atoms with Gasteiger partial charge in [0.05, 0.1) is 16.3 Å². The lowest BCUT2D eigenvalue weighted by molar-refractivity contribution is 0.601. The molecule has 2 aromatic rings. The summed E-state index contributed by atoms with van der Waals surface area (Å²) in [6, 6.07) is 5.35. The molecule has 0 N–H and O–H groups in total. The van der Waals surface area contributed by atoms with Gasteiger partial charge in [0.2, 0.25) is 0 Å². The second-order valence-electron chi connectivity index (χ2n) is 5.16. The topological polar surface area (TPSA) is 52.0 Å². The fourth-order valence-electron chi connectivity index (χ4n) is 2.63. The average Bonchev–Trinajstić information content (AvgIpc) is 2.56. The molecule has 20 heavy (non-hydrogen) atoms. The molecule has 106 valence electrons. The minimum Gasteiger partial charge on any atom is -0.290 e. The SMILES string of the molecule is Cc1nc2n(c1Br)-c1ccc(S(C)(=O)=O)cc1CCC2. The van der Waals surface area contributed by atoms with Crippen LogP contribution in [-0.2, 0) is 22.7 Å². The highest BCUT2D eigenvalue weighted by molar-refractivity contribution is 9.10. The van der Waals surface area contributed by atoms with Crippen molar-refractivity contribution in [2.45, 2.75) is 31.1 Å².